The molecule has 2 unspecified atom stereocenters. The van der Waals surface area contributed by atoms with Gasteiger partial charge < -0.3 is 10.1 Å². The van der Waals surface area contributed by atoms with Crippen LogP contribution < -0.4 is 5.32 Å². The van der Waals surface area contributed by atoms with E-state index < -0.39 is 0 Å². The first kappa shape index (κ1) is 14.9. The van der Waals surface area contributed by atoms with Gasteiger partial charge >= 0.3 is 0 Å². The summed E-state index contributed by atoms with van der Waals surface area (Å²) in [5.41, 5.74) is 2.08. The van der Waals surface area contributed by atoms with E-state index in [1.54, 1.807) is 0 Å². The second-order valence-electron chi connectivity index (χ2n) is 6.51. The molecule has 5 heteroatoms. The Labute approximate surface area is 127 Å². The van der Waals surface area contributed by atoms with Crippen LogP contribution in [0.1, 0.15) is 50.0 Å². The maximum absolute atomic E-state index is 6.03. The van der Waals surface area contributed by atoms with E-state index in [-0.39, 0.29) is 6.10 Å². The van der Waals surface area contributed by atoms with Crippen LogP contribution in [0.4, 0.5) is 0 Å². The molecule has 2 aliphatic rings. The molecule has 0 amide bonds. The van der Waals surface area contributed by atoms with Crippen molar-refractivity contribution in [1.29, 1.82) is 0 Å². The van der Waals surface area contributed by atoms with Crippen LogP contribution in [0.3, 0.4) is 0 Å². The van der Waals surface area contributed by atoms with E-state index in [9.17, 15) is 0 Å². The van der Waals surface area contributed by atoms with Crippen molar-refractivity contribution in [2.75, 3.05) is 19.7 Å². The molecule has 2 atom stereocenters. The fraction of sp³-hybridized carbons (Fsp3) is 0.750. The monoisotopic (exact) mass is 290 g/mol. The summed E-state index contributed by atoms with van der Waals surface area (Å²) in [6, 6.07) is 3.13. The van der Waals surface area contributed by atoms with Gasteiger partial charge in [-0.25, -0.2) is 9.97 Å². The van der Waals surface area contributed by atoms with Crippen molar-refractivity contribution < 1.29 is 4.74 Å². The van der Waals surface area contributed by atoms with E-state index in [4.69, 9.17) is 9.72 Å². The van der Waals surface area contributed by atoms with Crippen molar-refractivity contribution in [3.8, 4) is 0 Å². The summed E-state index contributed by atoms with van der Waals surface area (Å²) in [4.78, 5) is 11.9. The largest absolute Gasteiger partial charge is 0.367 e. The van der Waals surface area contributed by atoms with Crippen molar-refractivity contribution in [2.24, 2.45) is 0 Å². The number of nitrogens with one attached hydrogen (secondary N) is 1. The molecule has 0 saturated carbocycles. The van der Waals surface area contributed by atoms with Crippen LogP contribution in [0, 0.1) is 6.92 Å². The maximum atomic E-state index is 6.03. The molecular weight excluding hydrogens is 264 g/mol. The topological polar surface area (TPSA) is 50.3 Å². The normalized spacial score (nSPS) is 26.3. The van der Waals surface area contributed by atoms with Gasteiger partial charge in [0.2, 0.25) is 0 Å². The first-order valence-electron chi connectivity index (χ1n) is 8.05. The standard InChI is InChI=1S/C16H26N4O/c1-11(2)17-8-13-7-12(3)18-16(19-13)15-9-20-6-4-5-14(20)10-21-15/h7,11,14-15,17H,4-6,8-10H2,1-3H3. The Morgan fingerprint density at radius 3 is 3.10 bits per heavy atom. The lowest BCUT2D eigenvalue weighted by molar-refractivity contribution is -0.0542. The third-order valence-corrected chi connectivity index (χ3v) is 4.29. The molecule has 0 radical (unpaired) electrons. The molecule has 0 bridgehead atoms. The summed E-state index contributed by atoms with van der Waals surface area (Å²) in [6.45, 7) is 10.1. The Hall–Kier alpha value is -1.04. The minimum absolute atomic E-state index is 0.0250. The zero-order chi connectivity index (χ0) is 14.8. The van der Waals surface area contributed by atoms with Crippen molar-refractivity contribution in [3.05, 3.63) is 23.3 Å². The lowest BCUT2D eigenvalue weighted by Crippen LogP contribution is -2.43. The summed E-state index contributed by atoms with van der Waals surface area (Å²) < 4.78 is 6.03. The molecule has 0 aromatic carbocycles. The van der Waals surface area contributed by atoms with Gasteiger partial charge in [-0.15, -0.1) is 0 Å². The molecule has 116 valence electrons. The Balaban J connectivity index is 1.72. The van der Waals surface area contributed by atoms with Gasteiger partial charge in [-0.05, 0) is 32.4 Å². The van der Waals surface area contributed by atoms with Crippen LogP contribution >= 0.6 is 0 Å². The van der Waals surface area contributed by atoms with Crippen LogP contribution in [-0.4, -0.2) is 46.6 Å². The average Bonchev–Trinajstić information content (AvgIpc) is 2.92. The van der Waals surface area contributed by atoms with E-state index in [0.29, 0.717) is 12.1 Å². The lowest BCUT2D eigenvalue weighted by Gasteiger charge is -2.34. The predicted octanol–water partition coefficient (Wildman–Crippen LogP) is 1.82. The molecule has 1 aromatic heterocycles. The second kappa shape index (κ2) is 6.38. The van der Waals surface area contributed by atoms with Gasteiger partial charge in [0.05, 0.1) is 12.3 Å². The molecule has 1 N–H and O–H groups in total. The van der Waals surface area contributed by atoms with E-state index in [1.807, 2.05) is 6.92 Å². The molecule has 1 aromatic rings. The van der Waals surface area contributed by atoms with E-state index in [2.05, 4.69) is 35.1 Å². The fourth-order valence-electron chi connectivity index (χ4n) is 3.18. The molecule has 21 heavy (non-hydrogen) atoms. The summed E-state index contributed by atoms with van der Waals surface area (Å²) in [5, 5.41) is 3.41. The number of aryl methyl sites for hydroxylation is 1. The highest BCUT2D eigenvalue weighted by molar-refractivity contribution is 5.12. The number of fused-ring (bicyclic) bond motifs is 1. The maximum Gasteiger partial charge on any atom is 0.158 e. The number of rotatable bonds is 4. The molecule has 2 saturated heterocycles. The van der Waals surface area contributed by atoms with Gasteiger partial charge in [0.15, 0.2) is 5.82 Å². The zero-order valence-corrected chi connectivity index (χ0v) is 13.3. The van der Waals surface area contributed by atoms with Gasteiger partial charge in [0.1, 0.15) is 6.10 Å². The number of ether oxygens (including phenoxy) is 1. The first-order chi connectivity index (χ1) is 10.1. The van der Waals surface area contributed by atoms with Gasteiger partial charge in [0, 0.05) is 30.9 Å². The Kier molecular flexibility index (Phi) is 4.52. The van der Waals surface area contributed by atoms with Crippen molar-refractivity contribution in [3.63, 3.8) is 0 Å². The highest BCUT2D eigenvalue weighted by Crippen LogP contribution is 2.28. The Bertz CT molecular complexity index is 491. The SMILES string of the molecule is Cc1cc(CNC(C)C)nc(C2CN3CCCC3CO2)n1. The number of nitrogens with zero attached hydrogens (tertiary/aromatic N) is 3. The molecule has 2 aliphatic heterocycles. The van der Waals surface area contributed by atoms with Crippen LogP contribution in [0.5, 0.6) is 0 Å². The van der Waals surface area contributed by atoms with Gasteiger partial charge in [-0.1, -0.05) is 13.8 Å². The minimum Gasteiger partial charge on any atom is -0.367 e. The number of hydrogen-bond acceptors (Lipinski definition) is 5. The van der Waals surface area contributed by atoms with E-state index in [1.165, 1.54) is 19.4 Å². The van der Waals surface area contributed by atoms with Crippen LogP contribution in [0.2, 0.25) is 0 Å². The molecule has 3 rings (SSSR count). The fourth-order valence-corrected chi connectivity index (χ4v) is 3.18. The van der Waals surface area contributed by atoms with E-state index in [0.717, 1.165) is 36.9 Å². The summed E-state index contributed by atoms with van der Waals surface area (Å²) in [7, 11) is 0. The highest BCUT2D eigenvalue weighted by atomic mass is 16.5. The van der Waals surface area contributed by atoms with Crippen LogP contribution in [0.15, 0.2) is 6.07 Å². The first-order valence-corrected chi connectivity index (χ1v) is 8.05. The summed E-state index contributed by atoms with van der Waals surface area (Å²) >= 11 is 0. The third kappa shape index (κ3) is 3.59. The smallest absolute Gasteiger partial charge is 0.158 e. The van der Waals surface area contributed by atoms with Gasteiger partial charge in [-0.3, -0.25) is 4.90 Å². The van der Waals surface area contributed by atoms with Crippen molar-refractivity contribution in [2.45, 2.75) is 58.3 Å². The number of aromatic nitrogens is 2. The number of morpholine rings is 1. The number of hydrogen-bond donors (Lipinski definition) is 1. The zero-order valence-electron chi connectivity index (χ0n) is 13.3. The van der Waals surface area contributed by atoms with Gasteiger partial charge in [0.25, 0.3) is 0 Å². The molecule has 2 fully saturated rings. The molecular formula is C16H26N4O. The van der Waals surface area contributed by atoms with E-state index >= 15 is 0 Å². The predicted molar refractivity (Wildman–Crippen MR) is 82.0 cm³/mol. The lowest BCUT2D eigenvalue weighted by atomic mass is 10.1. The van der Waals surface area contributed by atoms with Crippen LogP contribution in [0.25, 0.3) is 0 Å². The highest BCUT2D eigenvalue weighted by Gasteiger charge is 2.34. The van der Waals surface area contributed by atoms with Gasteiger partial charge in [-0.2, -0.15) is 0 Å². The Morgan fingerprint density at radius 2 is 2.29 bits per heavy atom. The molecule has 0 spiro atoms. The summed E-state index contributed by atoms with van der Waals surface area (Å²) in [6.07, 6.45) is 2.58. The quantitative estimate of drug-likeness (QED) is 0.916. The molecule has 0 aliphatic carbocycles. The van der Waals surface area contributed by atoms with Crippen LogP contribution in [-0.2, 0) is 11.3 Å². The third-order valence-electron chi connectivity index (χ3n) is 4.29. The molecule has 5 nitrogen and oxygen atoms in total. The van der Waals surface area contributed by atoms with Crippen molar-refractivity contribution >= 4 is 0 Å². The van der Waals surface area contributed by atoms with Crippen molar-refractivity contribution in [1.82, 2.24) is 20.2 Å². The summed E-state index contributed by atoms with van der Waals surface area (Å²) in [5.74, 6) is 0.848. The molecule has 3 heterocycles. The minimum atomic E-state index is 0.0250. The second-order valence-corrected chi connectivity index (χ2v) is 6.51. The average molecular weight is 290 g/mol. The Morgan fingerprint density at radius 1 is 1.43 bits per heavy atom.